The summed E-state index contributed by atoms with van der Waals surface area (Å²) in [5, 5.41) is 2.94. The quantitative estimate of drug-likeness (QED) is 0.921. The zero-order valence-corrected chi connectivity index (χ0v) is 12.5. The largest absolute Gasteiger partial charge is 0.497 e. The third kappa shape index (κ3) is 3.22. The highest BCUT2D eigenvalue weighted by Gasteiger charge is 2.28. The molecule has 1 heterocycles. The van der Waals surface area contributed by atoms with Crippen LogP contribution in [0, 0.1) is 0 Å². The number of para-hydroxylation sites is 1. The standard InChI is InChI=1S/C18H19NO3/c1-21-15-8-6-13(7-9-15)10-11-19-18(20)17-12-14-4-2-3-5-16(14)22-17/h2-9,17H,10-12H2,1H3,(H,19,20)/t17-/m1/s1. The first kappa shape index (κ1) is 14.4. The minimum Gasteiger partial charge on any atom is -0.497 e. The van der Waals surface area contributed by atoms with Crippen LogP contribution in [0.25, 0.3) is 0 Å². The van der Waals surface area contributed by atoms with Crippen LogP contribution in [0.3, 0.4) is 0 Å². The van der Waals surface area contributed by atoms with Gasteiger partial charge in [0.2, 0.25) is 0 Å². The Hall–Kier alpha value is -2.49. The molecule has 0 unspecified atom stereocenters. The van der Waals surface area contributed by atoms with Crippen LogP contribution in [0.5, 0.6) is 11.5 Å². The lowest BCUT2D eigenvalue weighted by molar-refractivity contribution is -0.127. The Bertz CT molecular complexity index is 627. The predicted molar refractivity (Wildman–Crippen MR) is 84.3 cm³/mol. The normalized spacial score (nSPS) is 15.8. The van der Waals surface area contributed by atoms with Crippen molar-refractivity contribution in [2.24, 2.45) is 0 Å². The highest BCUT2D eigenvalue weighted by molar-refractivity contribution is 5.82. The average Bonchev–Trinajstić information content (AvgIpc) is 2.99. The van der Waals surface area contributed by atoms with Gasteiger partial charge in [-0.05, 0) is 35.7 Å². The zero-order chi connectivity index (χ0) is 15.4. The van der Waals surface area contributed by atoms with Crippen molar-refractivity contribution in [3.8, 4) is 11.5 Å². The molecule has 1 aliphatic heterocycles. The second-order valence-corrected chi connectivity index (χ2v) is 5.31. The molecule has 0 fully saturated rings. The molecule has 4 heteroatoms. The summed E-state index contributed by atoms with van der Waals surface area (Å²) in [4.78, 5) is 12.1. The van der Waals surface area contributed by atoms with Gasteiger partial charge in [0.05, 0.1) is 7.11 Å². The fourth-order valence-electron chi connectivity index (χ4n) is 2.56. The summed E-state index contributed by atoms with van der Waals surface area (Å²) in [6.07, 6.45) is 1.02. The molecular weight excluding hydrogens is 278 g/mol. The lowest BCUT2D eigenvalue weighted by atomic mass is 10.1. The lowest BCUT2D eigenvalue weighted by Gasteiger charge is -2.11. The number of ether oxygens (including phenoxy) is 2. The molecule has 0 bridgehead atoms. The van der Waals surface area contributed by atoms with Gasteiger partial charge >= 0.3 is 0 Å². The van der Waals surface area contributed by atoms with Crippen molar-refractivity contribution >= 4 is 5.91 Å². The maximum atomic E-state index is 12.1. The maximum Gasteiger partial charge on any atom is 0.261 e. The predicted octanol–water partition coefficient (Wildman–Crippen LogP) is 2.36. The Morgan fingerprint density at radius 1 is 1.23 bits per heavy atom. The monoisotopic (exact) mass is 297 g/mol. The molecule has 22 heavy (non-hydrogen) atoms. The molecule has 0 aliphatic carbocycles. The third-order valence-electron chi connectivity index (χ3n) is 3.81. The molecule has 114 valence electrons. The zero-order valence-electron chi connectivity index (χ0n) is 12.5. The van der Waals surface area contributed by atoms with E-state index in [4.69, 9.17) is 9.47 Å². The summed E-state index contributed by atoms with van der Waals surface area (Å²) in [5.41, 5.74) is 2.26. The molecule has 2 aromatic carbocycles. The summed E-state index contributed by atoms with van der Waals surface area (Å²) in [7, 11) is 1.65. The number of hydrogen-bond donors (Lipinski definition) is 1. The molecule has 1 atom stereocenters. The minimum atomic E-state index is -0.409. The summed E-state index contributed by atoms with van der Waals surface area (Å²) < 4.78 is 10.8. The van der Waals surface area contributed by atoms with E-state index >= 15 is 0 Å². The van der Waals surface area contributed by atoms with E-state index in [2.05, 4.69) is 5.32 Å². The van der Waals surface area contributed by atoms with E-state index in [0.29, 0.717) is 13.0 Å². The van der Waals surface area contributed by atoms with Crippen LogP contribution in [0.4, 0.5) is 0 Å². The Labute approximate surface area is 130 Å². The number of fused-ring (bicyclic) bond motifs is 1. The number of nitrogens with one attached hydrogen (secondary N) is 1. The fraction of sp³-hybridized carbons (Fsp3) is 0.278. The van der Waals surface area contributed by atoms with Crippen molar-refractivity contribution < 1.29 is 14.3 Å². The van der Waals surface area contributed by atoms with Crippen LogP contribution in [0.15, 0.2) is 48.5 Å². The van der Waals surface area contributed by atoms with Gasteiger partial charge in [0, 0.05) is 13.0 Å². The molecular formula is C18H19NO3. The molecule has 0 saturated carbocycles. The van der Waals surface area contributed by atoms with Crippen LogP contribution in [0.1, 0.15) is 11.1 Å². The summed E-state index contributed by atoms with van der Waals surface area (Å²) in [6, 6.07) is 15.6. The van der Waals surface area contributed by atoms with Gasteiger partial charge in [-0.25, -0.2) is 0 Å². The van der Waals surface area contributed by atoms with Gasteiger partial charge in [0.25, 0.3) is 5.91 Å². The van der Waals surface area contributed by atoms with Crippen molar-refractivity contribution in [1.29, 1.82) is 0 Å². The lowest BCUT2D eigenvalue weighted by Crippen LogP contribution is -2.38. The number of carbonyl (C=O) groups is 1. The Morgan fingerprint density at radius 2 is 2.00 bits per heavy atom. The van der Waals surface area contributed by atoms with E-state index in [1.165, 1.54) is 0 Å². The number of amides is 1. The second kappa shape index (κ2) is 6.52. The van der Waals surface area contributed by atoms with E-state index in [0.717, 1.165) is 29.0 Å². The van der Waals surface area contributed by atoms with Crippen LogP contribution >= 0.6 is 0 Å². The fourth-order valence-corrected chi connectivity index (χ4v) is 2.56. The molecule has 1 aliphatic rings. The van der Waals surface area contributed by atoms with Gasteiger partial charge in [-0.15, -0.1) is 0 Å². The van der Waals surface area contributed by atoms with E-state index in [9.17, 15) is 4.79 Å². The first-order valence-corrected chi connectivity index (χ1v) is 7.41. The number of methoxy groups -OCH3 is 1. The van der Waals surface area contributed by atoms with Crippen molar-refractivity contribution in [2.75, 3.05) is 13.7 Å². The van der Waals surface area contributed by atoms with Crippen LogP contribution < -0.4 is 14.8 Å². The highest BCUT2D eigenvalue weighted by Crippen LogP contribution is 2.28. The van der Waals surface area contributed by atoms with Crippen molar-refractivity contribution in [1.82, 2.24) is 5.32 Å². The summed E-state index contributed by atoms with van der Waals surface area (Å²) in [5.74, 6) is 1.60. The molecule has 0 radical (unpaired) electrons. The number of hydrogen-bond acceptors (Lipinski definition) is 3. The van der Waals surface area contributed by atoms with Gasteiger partial charge in [-0.2, -0.15) is 0 Å². The van der Waals surface area contributed by atoms with Crippen molar-refractivity contribution in [3.05, 3.63) is 59.7 Å². The molecule has 1 amide bonds. The van der Waals surface area contributed by atoms with E-state index in [-0.39, 0.29) is 5.91 Å². The van der Waals surface area contributed by atoms with Gasteiger partial charge in [0.1, 0.15) is 11.5 Å². The van der Waals surface area contributed by atoms with E-state index in [1.54, 1.807) is 7.11 Å². The van der Waals surface area contributed by atoms with Gasteiger partial charge in [0.15, 0.2) is 6.10 Å². The third-order valence-corrected chi connectivity index (χ3v) is 3.81. The first-order valence-electron chi connectivity index (χ1n) is 7.41. The SMILES string of the molecule is COc1ccc(CCNC(=O)[C@H]2Cc3ccccc3O2)cc1. The highest BCUT2D eigenvalue weighted by atomic mass is 16.5. The molecule has 0 saturated heterocycles. The van der Waals surface area contributed by atoms with Crippen LogP contribution in [-0.4, -0.2) is 25.7 Å². The second-order valence-electron chi connectivity index (χ2n) is 5.31. The molecule has 0 spiro atoms. The first-order chi connectivity index (χ1) is 10.8. The number of carbonyl (C=O) groups excluding carboxylic acids is 1. The Morgan fingerprint density at radius 3 is 2.73 bits per heavy atom. The topological polar surface area (TPSA) is 47.6 Å². The molecule has 0 aromatic heterocycles. The van der Waals surface area contributed by atoms with E-state index < -0.39 is 6.10 Å². The Kier molecular flexibility index (Phi) is 4.28. The smallest absolute Gasteiger partial charge is 0.261 e. The van der Waals surface area contributed by atoms with Crippen LogP contribution in [-0.2, 0) is 17.6 Å². The maximum absolute atomic E-state index is 12.1. The van der Waals surface area contributed by atoms with Gasteiger partial charge < -0.3 is 14.8 Å². The molecule has 1 N–H and O–H groups in total. The van der Waals surface area contributed by atoms with Gasteiger partial charge in [-0.3, -0.25) is 4.79 Å². The summed E-state index contributed by atoms with van der Waals surface area (Å²) in [6.45, 7) is 0.599. The number of rotatable bonds is 5. The van der Waals surface area contributed by atoms with Crippen molar-refractivity contribution in [3.63, 3.8) is 0 Å². The summed E-state index contributed by atoms with van der Waals surface area (Å²) >= 11 is 0. The number of benzene rings is 2. The molecule has 4 nitrogen and oxygen atoms in total. The van der Waals surface area contributed by atoms with Gasteiger partial charge in [-0.1, -0.05) is 30.3 Å². The minimum absolute atomic E-state index is 0.0512. The molecule has 2 aromatic rings. The van der Waals surface area contributed by atoms with Crippen molar-refractivity contribution in [2.45, 2.75) is 18.9 Å². The van der Waals surface area contributed by atoms with E-state index in [1.807, 2.05) is 48.5 Å². The Balaban J connectivity index is 1.47. The van der Waals surface area contributed by atoms with Crippen LogP contribution in [0.2, 0.25) is 0 Å². The average molecular weight is 297 g/mol. The molecule has 3 rings (SSSR count).